The van der Waals surface area contributed by atoms with Gasteiger partial charge in [-0.25, -0.2) is 0 Å². The topological polar surface area (TPSA) is 34.1 Å². The van der Waals surface area contributed by atoms with Crippen LogP contribution in [0.2, 0.25) is 0 Å². The maximum Gasteiger partial charge on any atom is 0.0830 e. The van der Waals surface area contributed by atoms with Gasteiger partial charge in [0.1, 0.15) is 0 Å². The lowest BCUT2D eigenvalue weighted by Crippen LogP contribution is -2.45. The Kier molecular flexibility index (Phi) is 3.59. The minimum absolute atomic E-state index is 0.162. The second-order valence-corrected chi connectivity index (χ2v) is 7.34. The highest BCUT2D eigenvalue weighted by Crippen LogP contribution is 2.39. The Morgan fingerprint density at radius 1 is 1.24 bits per heavy atom. The lowest BCUT2D eigenvalue weighted by atomic mass is 9.78. The molecule has 2 aliphatic rings. The van der Waals surface area contributed by atoms with Crippen molar-refractivity contribution in [2.45, 2.75) is 56.6 Å². The van der Waals surface area contributed by atoms with E-state index in [0.29, 0.717) is 6.04 Å². The standard InChI is InChI=1S/C17H22N2OS/c1-2-7-17(8-3-1)12-13(5-10-20-17)19-15-4-9-18-14-6-11-21-16(14)15/h4,6,9,11,13H,1-3,5,7-8,10,12H2,(H,18,19). The molecule has 0 amide bonds. The highest BCUT2D eigenvalue weighted by molar-refractivity contribution is 7.17. The Bertz CT molecular complexity index is 613. The molecule has 1 saturated carbocycles. The predicted octanol–water partition coefficient (Wildman–Crippen LogP) is 4.59. The first-order valence-corrected chi connectivity index (χ1v) is 8.95. The summed E-state index contributed by atoms with van der Waals surface area (Å²) in [4.78, 5) is 4.42. The lowest BCUT2D eigenvalue weighted by molar-refractivity contribution is -0.103. The maximum absolute atomic E-state index is 6.20. The SMILES string of the molecule is c1cc(NC2CCOC3(CCCCC3)C2)c2sccc2n1. The van der Waals surface area contributed by atoms with Crippen molar-refractivity contribution in [1.29, 1.82) is 0 Å². The summed E-state index contributed by atoms with van der Waals surface area (Å²) in [6, 6.07) is 4.74. The van der Waals surface area contributed by atoms with Crippen molar-refractivity contribution in [2.75, 3.05) is 11.9 Å². The van der Waals surface area contributed by atoms with E-state index in [1.165, 1.54) is 42.5 Å². The van der Waals surface area contributed by atoms with Gasteiger partial charge in [-0.3, -0.25) is 4.98 Å². The number of nitrogens with one attached hydrogen (secondary N) is 1. The average Bonchev–Trinajstić information content (AvgIpc) is 2.98. The average molecular weight is 302 g/mol. The van der Waals surface area contributed by atoms with E-state index >= 15 is 0 Å². The Balaban J connectivity index is 1.52. The summed E-state index contributed by atoms with van der Waals surface area (Å²) in [6.07, 6.45) is 10.7. The molecule has 1 aliphatic heterocycles. The molecule has 21 heavy (non-hydrogen) atoms. The number of pyridine rings is 1. The minimum Gasteiger partial charge on any atom is -0.381 e. The van der Waals surface area contributed by atoms with E-state index in [2.05, 4.69) is 27.8 Å². The third-order valence-corrected chi connectivity index (χ3v) is 5.90. The van der Waals surface area contributed by atoms with Crippen LogP contribution < -0.4 is 5.32 Å². The van der Waals surface area contributed by atoms with Crippen molar-refractivity contribution < 1.29 is 4.74 Å². The smallest absolute Gasteiger partial charge is 0.0830 e. The van der Waals surface area contributed by atoms with Gasteiger partial charge < -0.3 is 10.1 Å². The van der Waals surface area contributed by atoms with Crippen molar-refractivity contribution in [2.24, 2.45) is 0 Å². The molecule has 2 aromatic heterocycles. The summed E-state index contributed by atoms with van der Waals surface area (Å²) < 4.78 is 7.48. The fourth-order valence-corrected chi connectivity index (χ4v) is 4.73. The Labute approximate surface area is 129 Å². The summed E-state index contributed by atoms with van der Waals surface area (Å²) >= 11 is 1.77. The number of aromatic nitrogens is 1. The molecule has 1 N–H and O–H groups in total. The van der Waals surface area contributed by atoms with Crippen molar-refractivity contribution in [3.8, 4) is 0 Å². The van der Waals surface area contributed by atoms with Gasteiger partial charge in [-0.15, -0.1) is 11.3 Å². The van der Waals surface area contributed by atoms with E-state index in [0.717, 1.165) is 25.0 Å². The van der Waals surface area contributed by atoms with Crippen LogP contribution in [0.3, 0.4) is 0 Å². The summed E-state index contributed by atoms with van der Waals surface area (Å²) in [5.41, 5.74) is 2.51. The normalized spacial score (nSPS) is 25.2. The largest absolute Gasteiger partial charge is 0.381 e. The predicted molar refractivity (Wildman–Crippen MR) is 88.0 cm³/mol. The third-order valence-electron chi connectivity index (χ3n) is 4.96. The van der Waals surface area contributed by atoms with E-state index < -0.39 is 0 Å². The third kappa shape index (κ3) is 2.67. The molecule has 2 aromatic rings. The molecule has 1 saturated heterocycles. The van der Waals surface area contributed by atoms with Gasteiger partial charge in [0.2, 0.25) is 0 Å². The van der Waals surface area contributed by atoms with Crippen LogP contribution in [0.15, 0.2) is 23.7 Å². The van der Waals surface area contributed by atoms with E-state index in [9.17, 15) is 0 Å². The van der Waals surface area contributed by atoms with Crippen molar-refractivity contribution in [3.05, 3.63) is 23.7 Å². The van der Waals surface area contributed by atoms with Crippen LogP contribution in [-0.4, -0.2) is 23.2 Å². The van der Waals surface area contributed by atoms with Crippen LogP contribution >= 0.6 is 11.3 Å². The molecule has 0 radical (unpaired) electrons. The van der Waals surface area contributed by atoms with Crippen LogP contribution in [0.4, 0.5) is 5.69 Å². The summed E-state index contributed by atoms with van der Waals surface area (Å²) in [5, 5.41) is 5.89. The van der Waals surface area contributed by atoms with Gasteiger partial charge in [0, 0.05) is 18.8 Å². The van der Waals surface area contributed by atoms with Gasteiger partial charge in [0.25, 0.3) is 0 Å². The van der Waals surface area contributed by atoms with Gasteiger partial charge in [-0.1, -0.05) is 19.3 Å². The summed E-state index contributed by atoms with van der Waals surface area (Å²) in [7, 11) is 0. The Morgan fingerprint density at radius 3 is 3.05 bits per heavy atom. The van der Waals surface area contributed by atoms with Crippen molar-refractivity contribution in [1.82, 2.24) is 4.98 Å². The Hall–Kier alpha value is -1.13. The van der Waals surface area contributed by atoms with Crippen LogP contribution in [0.5, 0.6) is 0 Å². The molecule has 2 fully saturated rings. The Morgan fingerprint density at radius 2 is 2.14 bits per heavy atom. The first kappa shape index (κ1) is 13.5. The van der Waals surface area contributed by atoms with Gasteiger partial charge in [0.15, 0.2) is 0 Å². The van der Waals surface area contributed by atoms with E-state index in [-0.39, 0.29) is 5.60 Å². The second-order valence-electron chi connectivity index (χ2n) is 6.42. The van der Waals surface area contributed by atoms with E-state index in [4.69, 9.17) is 4.74 Å². The first-order valence-electron chi connectivity index (χ1n) is 8.07. The van der Waals surface area contributed by atoms with Crippen LogP contribution in [0.1, 0.15) is 44.9 Å². The van der Waals surface area contributed by atoms with E-state index in [1.54, 1.807) is 11.3 Å². The maximum atomic E-state index is 6.20. The lowest BCUT2D eigenvalue weighted by Gasteiger charge is -2.44. The second kappa shape index (κ2) is 5.58. The molecule has 1 unspecified atom stereocenters. The van der Waals surface area contributed by atoms with Crippen LogP contribution in [-0.2, 0) is 4.74 Å². The molecule has 0 aromatic carbocycles. The fourth-order valence-electron chi connectivity index (χ4n) is 3.90. The fraction of sp³-hybridized carbons (Fsp3) is 0.588. The zero-order valence-electron chi connectivity index (χ0n) is 12.3. The number of hydrogen-bond acceptors (Lipinski definition) is 4. The number of fused-ring (bicyclic) bond motifs is 1. The zero-order valence-corrected chi connectivity index (χ0v) is 13.1. The highest BCUT2D eigenvalue weighted by Gasteiger charge is 2.38. The molecule has 0 bridgehead atoms. The summed E-state index contributed by atoms with van der Waals surface area (Å²) in [6.45, 7) is 0.899. The van der Waals surface area contributed by atoms with Crippen molar-refractivity contribution in [3.63, 3.8) is 0 Å². The van der Waals surface area contributed by atoms with Gasteiger partial charge in [-0.05, 0) is 43.2 Å². The van der Waals surface area contributed by atoms with E-state index in [1.807, 2.05) is 6.20 Å². The highest BCUT2D eigenvalue weighted by atomic mass is 32.1. The molecule has 3 heterocycles. The molecule has 4 heteroatoms. The van der Waals surface area contributed by atoms with Gasteiger partial charge in [0.05, 0.1) is 21.5 Å². The number of ether oxygens (including phenoxy) is 1. The molecule has 3 nitrogen and oxygen atoms in total. The molecular weight excluding hydrogens is 280 g/mol. The molecular formula is C17H22N2OS. The molecule has 112 valence electrons. The molecule has 4 rings (SSSR count). The summed E-state index contributed by atoms with van der Waals surface area (Å²) in [5.74, 6) is 0. The zero-order chi connectivity index (χ0) is 14.1. The number of thiophene rings is 1. The molecule has 1 aliphatic carbocycles. The monoisotopic (exact) mass is 302 g/mol. The first-order chi connectivity index (χ1) is 10.3. The number of nitrogens with zero attached hydrogens (tertiary/aromatic N) is 1. The van der Waals surface area contributed by atoms with Gasteiger partial charge >= 0.3 is 0 Å². The van der Waals surface area contributed by atoms with Crippen LogP contribution in [0, 0.1) is 0 Å². The molecule has 1 spiro atoms. The van der Waals surface area contributed by atoms with Gasteiger partial charge in [-0.2, -0.15) is 0 Å². The number of anilines is 1. The number of hydrogen-bond donors (Lipinski definition) is 1. The van der Waals surface area contributed by atoms with Crippen molar-refractivity contribution >= 4 is 27.2 Å². The van der Waals surface area contributed by atoms with Crippen LogP contribution in [0.25, 0.3) is 10.2 Å². The minimum atomic E-state index is 0.162. The molecule has 1 atom stereocenters. The number of rotatable bonds is 2. The quantitative estimate of drug-likeness (QED) is 0.881.